The summed E-state index contributed by atoms with van der Waals surface area (Å²) in [6.45, 7) is 2.35. The largest absolute Gasteiger partial charge is 0.482 e. The number of hydrogen-bond donors (Lipinski definition) is 2. The number of nitrogens with zero attached hydrogens (tertiary/aromatic N) is 1. The lowest BCUT2D eigenvalue weighted by molar-refractivity contribution is -0.153. The van der Waals surface area contributed by atoms with Crippen LogP contribution < -0.4 is 10.1 Å². The Morgan fingerprint density at radius 2 is 2.12 bits per heavy atom. The summed E-state index contributed by atoms with van der Waals surface area (Å²) < 4.78 is 42.3. The zero-order chi connectivity index (χ0) is 18.8. The lowest BCUT2D eigenvalue weighted by Crippen LogP contribution is -2.20. The van der Waals surface area contributed by atoms with Crippen molar-refractivity contribution in [2.24, 2.45) is 0 Å². The minimum Gasteiger partial charge on any atom is -0.482 e. The van der Waals surface area contributed by atoms with Crippen LogP contribution in [-0.4, -0.2) is 28.9 Å². The summed E-state index contributed by atoms with van der Waals surface area (Å²) in [6.07, 6.45) is -4.50. The summed E-state index contributed by atoms with van der Waals surface area (Å²) in [6, 6.07) is 3.92. The fourth-order valence-electron chi connectivity index (χ4n) is 1.94. The van der Waals surface area contributed by atoms with Crippen molar-refractivity contribution in [1.29, 1.82) is 0 Å². The van der Waals surface area contributed by atoms with E-state index in [1.807, 2.05) is 13.8 Å². The van der Waals surface area contributed by atoms with Crippen molar-refractivity contribution in [1.82, 2.24) is 10.2 Å². The summed E-state index contributed by atoms with van der Waals surface area (Å²) in [5.74, 6) is -0.666. The van der Waals surface area contributed by atoms with Crippen LogP contribution in [0.3, 0.4) is 0 Å². The van der Waals surface area contributed by atoms with Crippen molar-refractivity contribution in [2.45, 2.75) is 25.9 Å². The number of amides is 1. The van der Waals surface area contributed by atoms with Gasteiger partial charge in [0.05, 0.1) is 15.9 Å². The van der Waals surface area contributed by atoms with Crippen molar-refractivity contribution < 1.29 is 22.7 Å². The Bertz CT molecular complexity index is 778. The van der Waals surface area contributed by atoms with Crippen LogP contribution in [-0.2, 0) is 0 Å². The lowest BCUT2D eigenvalue weighted by atomic mass is 10.1. The molecular formula is C15H14BrClF3N3O2. The zero-order valence-corrected chi connectivity index (χ0v) is 15.5. The normalized spacial score (nSPS) is 11.7. The number of hydrogen-bond acceptors (Lipinski definition) is 3. The van der Waals surface area contributed by atoms with Gasteiger partial charge in [0.25, 0.3) is 5.91 Å². The minimum atomic E-state index is -4.50. The monoisotopic (exact) mass is 439 g/mol. The van der Waals surface area contributed by atoms with Gasteiger partial charge in [-0.2, -0.15) is 18.3 Å². The van der Waals surface area contributed by atoms with Gasteiger partial charge in [-0.3, -0.25) is 9.89 Å². The SMILES string of the molecule is CC(C)c1[nH]nc(C(=O)Nc2cc(Cl)ccc2OCC(F)(F)F)c1Br. The molecular weight excluding hydrogens is 427 g/mol. The van der Waals surface area contributed by atoms with Crippen LogP contribution in [0.2, 0.25) is 5.02 Å². The van der Waals surface area contributed by atoms with Crippen LogP contribution in [0.5, 0.6) is 5.75 Å². The smallest absolute Gasteiger partial charge is 0.422 e. The van der Waals surface area contributed by atoms with E-state index >= 15 is 0 Å². The number of aromatic amines is 1. The molecule has 0 spiro atoms. The molecule has 2 N–H and O–H groups in total. The highest BCUT2D eigenvalue weighted by Crippen LogP contribution is 2.31. The number of aromatic nitrogens is 2. The second-order valence-electron chi connectivity index (χ2n) is 5.45. The molecule has 1 aromatic carbocycles. The number of rotatable bonds is 5. The van der Waals surface area contributed by atoms with Gasteiger partial charge < -0.3 is 10.1 Å². The summed E-state index contributed by atoms with van der Waals surface area (Å²) >= 11 is 9.15. The predicted molar refractivity (Wildman–Crippen MR) is 91.3 cm³/mol. The highest BCUT2D eigenvalue weighted by Gasteiger charge is 2.29. The Morgan fingerprint density at radius 3 is 2.68 bits per heavy atom. The summed E-state index contributed by atoms with van der Waals surface area (Å²) in [4.78, 5) is 12.4. The van der Waals surface area contributed by atoms with Crippen LogP contribution in [0.25, 0.3) is 0 Å². The average molecular weight is 441 g/mol. The van der Waals surface area contributed by atoms with Gasteiger partial charge in [-0.25, -0.2) is 0 Å². The number of carbonyl (C=O) groups is 1. The van der Waals surface area contributed by atoms with Crippen molar-refractivity contribution in [3.63, 3.8) is 0 Å². The van der Waals surface area contributed by atoms with Gasteiger partial charge in [0.15, 0.2) is 12.3 Å². The maximum Gasteiger partial charge on any atom is 0.422 e. The summed E-state index contributed by atoms with van der Waals surface area (Å²) in [5.41, 5.74) is 0.818. The molecule has 1 heterocycles. The summed E-state index contributed by atoms with van der Waals surface area (Å²) in [5, 5.41) is 9.38. The predicted octanol–water partition coefficient (Wildman–Crippen LogP) is 5.14. The number of benzene rings is 1. The Labute approximate surface area is 155 Å². The molecule has 0 saturated carbocycles. The molecule has 1 aromatic heterocycles. The number of nitrogens with one attached hydrogen (secondary N) is 2. The molecule has 10 heteroatoms. The first-order valence-corrected chi connectivity index (χ1v) is 8.29. The van der Waals surface area contributed by atoms with Gasteiger partial charge >= 0.3 is 6.18 Å². The van der Waals surface area contributed by atoms with Crippen LogP contribution in [0.4, 0.5) is 18.9 Å². The molecule has 5 nitrogen and oxygen atoms in total. The van der Waals surface area contributed by atoms with Gasteiger partial charge in [-0.15, -0.1) is 0 Å². The second-order valence-corrected chi connectivity index (χ2v) is 6.68. The number of ether oxygens (including phenoxy) is 1. The van der Waals surface area contributed by atoms with Crippen LogP contribution in [0.1, 0.15) is 35.9 Å². The minimum absolute atomic E-state index is 0.0164. The molecule has 1 amide bonds. The number of anilines is 1. The van der Waals surface area contributed by atoms with E-state index in [9.17, 15) is 18.0 Å². The molecule has 0 unspecified atom stereocenters. The third-order valence-corrected chi connectivity index (χ3v) is 4.14. The first kappa shape index (κ1) is 19.6. The van der Waals surface area contributed by atoms with E-state index < -0.39 is 18.7 Å². The Morgan fingerprint density at radius 1 is 1.44 bits per heavy atom. The number of alkyl halides is 3. The molecule has 0 saturated heterocycles. The first-order chi connectivity index (χ1) is 11.6. The maximum atomic E-state index is 12.4. The highest BCUT2D eigenvalue weighted by atomic mass is 79.9. The van der Waals surface area contributed by atoms with Crippen molar-refractivity contribution in [3.05, 3.63) is 39.1 Å². The number of halogens is 5. The average Bonchev–Trinajstić information content (AvgIpc) is 2.87. The quantitative estimate of drug-likeness (QED) is 0.676. The second kappa shape index (κ2) is 7.65. The molecule has 136 valence electrons. The van der Waals surface area contributed by atoms with Crippen molar-refractivity contribution in [2.75, 3.05) is 11.9 Å². The van der Waals surface area contributed by atoms with Gasteiger partial charge in [-0.05, 0) is 40.0 Å². The van der Waals surface area contributed by atoms with E-state index in [-0.39, 0.29) is 28.1 Å². The van der Waals surface area contributed by atoms with Crippen molar-refractivity contribution in [3.8, 4) is 5.75 Å². The third-order valence-electron chi connectivity index (χ3n) is 3.11. The Hall–Kier alpha value is -1.74. The molecule has 0 bridgehead atoms. The maximum absolute atomic E-state index is 12.4. The topological polar surface area (TPSA) is 67.0 Å². The molecule has 25 heavy (non-hydrogen) atoms. The molecule has 0 fully saturated rings. The fourth-order valence-corrected chi connectivity index (χ4v) is 2.93. The molecule has 0 radical (unpaired) electrons. The number of carbonyl (C=O) groups excluding carboxylic acids is 1. The van der Waals surface area contributed by atoms with E-state index in [0.717, 1.165) is 5.69 Å². The molecule has 2 aromatic rings. The van der Waals surface area contributed by atoms with Crippen LogP contribution >= 0.6 is 27.5 Å². The van der Waals surface area contributed by atoms with Gasteiger partial charge in [0.2, 0.25) is 0 Å². The van der Waals surface area contributed by atoms with E-state index in [1.54, 1.807) is 0 Å². The standard InChI is InChI=1S/C15H14BrClF3N3O2/c1-7(2)12-11(16)13(23-22-12)14(24)21-9-5-8(17)3-4-10(9)25-6-15(18,19)20/h3-5,7H,6H2,1-2H3,(H,21,24)(H,22,23). The molecule has 0 aliphatic carbocycles. The Kier molecular flexibility index (Phi) is 5.99. The first-order valence-electron chi connectivity index (χ1n) is 7.12. The van der Waals surface area contributed by atoms with Crippen LogP contribution in [0.15, 0.2) is 22.7 Å². The molecule has 0 aliphatic rings. The van der Waals surface area contributed by atoms with Gasteiger partial charge in [-0.1, -0.05) is 25.4 Å². The fraction of sp³-hybridized carbons (Fsp3) is 0.333. The molecule has 0 atom stereocenters. The van der Waals surface area contributed by atoms with E-state index in [1.165, 1.54) is 18.2 Å². The van der Waals surface area contributed by atoms with E-state index in [2.05, 4.69) is 31.4 Å². The highest BCUT2D eigenvalue weighted by molar-refractivity contribution is 9.10. The van der Waals surface area contributed by atoms with E-state index in [0.29, 0.717) is 4.47 Å². The molecule has 2 rings (SSSR count). The third kappa shape index (κ3) is 5.12. The van der Waals surface area contributed by atoms with Crippen molar-refractivity contribution >= 4 is 39.1 Å². The number of H-pyrrole nitrogens is 1. The van der Waals surface area contributed by atoms with Gasteiger partial charge in [0, 0.05) is 5.02 Å². The van der Waals surface area contributed by atoms with E-state index in [4.69, 9.17) is 16.3 Å². The zero-order valence-electron chi connectivity index (χ0n) is 13.2. The molecule has 0 aliphatic heterocycles. The van der Waals surface area contributed by atoms with Gasteiger partial charge in [0.1, 0.15) is 5.75 Å². The van der Waals surface area contributed by atoms with Crippen LogP contribution in [0, 0.1) is 0 Å². The summed E-state index contributed by atoms with van der Waals surface area (Å²) in [7, 11) is 0. The Balaban J connectivity index is 2.24. The lowest BCUT2D eigenvalue weighted by Gasteiger charge is -2.14.